The summed E-state index contributed by atoms with van der Waals surface area (Å²) in [5, 5.41) is 3.16. The number of nitrogens with two attached hydrogens (primary N) is 1. The van der Waals surface area contributed by atoms with Crippen molar-refractivity contribution in [3.8, 4) is 0 Å². The second-order valence-corrected chi connectivity index (χ2v) is 6.97. The zero-order valence-electron chi connectivity index (χ0n) is 11.0. The molecule has 4 nitrogen and oxygen atoms in total. The number of aromatic nitrogens is 1. The molecule has 2 aromatic rings. The van der Waals surface area contributed by atoms with Crippen LogP contribution >= 0.6 is 27.3 Å². The highest BCUT2D eigenvalue weighted by Gasteiger charge is 2.21. The third kappa shape index (κ3) is 3.14. The SMILES string of the molecule is N[C@H]1CCc2nc(NC(=O)c3cc(Br)ccc3F)sc2C1. The number of hydrogen-bond donors (Lipinski definition) is 2. The summed E-state index contributed by atoms with van der Waals surface area (Å²) in [6.45, 7) is 0. The van der Waals surface area contributed by atoms with Crippen LogP contribution in [0.5, 0.6) is 0 Å². The van der Waals surface area contributed by atoms with Crippen LogP contribution in [-0.4, -0.2) is 16.9 Å². The third-order valence-electron chi connectivity index (χ3n) is 3.37. The van der Waals surface area contributed by atoms with Crippen LogP contribution < -0.4 is 11.1 Å². The summed E-state index contributed by atoms with van der Waals surface area (Å²) in [6, 6.07) is 4.42. The van der Waals surface area contributed by atoms with Crippen LogP contribution in [0, 0.1) is 5.82 Å². The summed E-state index contributed by atoms with van der Waals surface area (Å²) in [5.41, 5.74) is 6.91. The van der Waals surface area contributed by atoms with E-state index in [1.165, 1.54) is 23.5 Å². The third-order valence-corrected chi connectivity index (χ3v) is 4.90. The summed E-state index contributed by atoms with van der Waals surface area (Å²) in [7, 11) is 0. The molecule has 0 bridgehead atoms. The van der Waals surface area contributed by atoms with Crippen molar-refractivity contribution in [3.63, 3.8) is 0 Å². The smallest absolute Gasteiger partial charge is 0.260 e. The number of hydrogen-bond acceptors (Lipinski definition) is 4. The zero-order valence-corrected chi connectivity index (χ0v) is 13.4. The Balaban J connectivity index is 1.80. The molecule has 1 aromatic heterocycles. The molecule has 0 saturated heterocycles. The van der Waals surface area contributed by atoms with Gasteiger partial charge in [-0.05, 0) is 37.5 Å². The molecule has 21 heavy (non-hydrogen) atoms. The summed E-state index contributed by atoms with van der Waals surface area (Å²) in [4.78, 5) is 17.6. The van der Waals surface area contributed by atoms with Crippen LogP contribution in [-0.2, 0) is 12.8 Å². The van der Waals surface area contributed by atoms with Gasteiger partial charge in [0, 0.05) is 15.4 Å². The Bertz CT molecular complexity index is 704. The number of nitrogens with zero attached hydrogens (tertiary/aromatic N) is 1. The minimum atomic E-state index is -0.556. The Morgan fingerprint density at radius 2 is 2.33 bits per heavy atom. The number of aryl methyl sites for hydroxylation is 1. The number of carbonyl (C=O) groups excluding carboxylic acids is 1. The van der Waals surface area contributed by atoms with E-state index in [1.54, 1.807) is 6.07 Å². The van der Waals surface area contributed by atoms with Crippen LogP contribution in [0.2, 0.25) is 0 Å². The van der Waals surface area contributed by atoms with E-state index in [-0.39, 0.29) is 11.6 Å². The lowest BCUT2D eigenvalue weighted by Crippen LogP contribution is -2.27. The first-order valence-corrected chi connectivity index (χ1v) is 8.14. The Kier molecular flexibility index (Phi) is 4.05. The van der Waals surface area contributed by atoms with Crippen LogP contribution in [0.25, 0.3) is 0 Å². The van der Waals surface area contributed by atoms with Gasteiger partial charge in [0.1, 0.15) is 5.82 Å². The Morgan fingerprint density at radius 3 is 3.14 bits per heavy atom. The van der Waals surface area contributed by atoms with E-state index in [2.05, 4.69) is 26.2 Å². The van der Waals surface area contributed by atoms with Crippen LogP contribution in [0.15, 0.2) is 22.7 Å². The average molecular weight is 370 g/mol. The van der Waals surface area contributed by atoms with Crippen LogP contribution in [0.4, 0.5) is 9.52 Å². The van der Waals surface area contributed by atoms with Gasteiger partial charge < -0.3 is 5.73 Å². The largest absolute Gasteiger partial charge is 0.327 e. The van der Waals surface area contributed by atoms with Gasteiger partial charge in [0.05, 0.1) is 11.3 Å². The van der Waals surface area contributed by atoms with Gasteiger partial charge in [0.15, 0.2) is 5.13 Å². The van der Waals surface area contributed by atoms with Gasteiger partial charge in [-0.15, -0.1) is 11.3 Å². The Morgan fingerprint density at radius 1 is 1.52 bits per heavy atom. The van der Waals surface area contributed by atoms with E-state index >= 15 is 0 Å². The van der Waals surface area contributed by atoms with Gasteiger partial charge in [-0.1, -0.05) is 15.9 Å². The first kappa shape index (κ1) is 14.6. The van der Waals surface area contributed by atoms with E-state index in [0.717, 1.165) is 29.8 Å². The summed E-state index contributed by atoms with van der Waals surface area (Å²) < 4.78 is 14.3. The number of carbonyl (C=O) groups is 1. The fourth-order valence-corrected chi connectivity index (χ4v) is 3.75. The van der Waals surface area contributed by atoms with Crippen molar-refractivity contribution in [2.75, 3.05) is 5.32 Å². The number of thiazole rings is 1. The number of nitrogens with one attached hydrogen (secondary N) is 1. The normalized spacial score (nSPS) is 17.4. The van der Waals surface area contributed by atoms with Crippen LogP contribution in [0.1, 0.15) is 27.3 Å². The highest BCUT2D eigenvalue weighted by atomic mass is 79.9. The van der Waals surface area contributed by atoms with E-state index in [9.17, 15) is 9.18 Å². The molecule has 110 valence electrons. The molecule has 3 rings (SSSR count). The molecule has 1 aliphatic rings. The first-order valence-electron chi connectivity index (χ1n) is 6.53. The van der Waals surface area contributed by atoms with Crippen molar-refractivity contribution >= 4 is 38.3 Å². The minimum absolute atomic E-state index is 0.00533. The van der Waals surface area contributed by atoms with Crippen LogP contribution in [0.3, 0.4) is 0 Å². The molecule has 3 N–H and O–H groups in total. The lowest BCUT2D eigenvalue weighted by atomic mass is 9.99. The van der Waals surface area contributed by atoms with Gasteiger partial charge in [-0.2, -0.15) is 0 Å². The van der Waals surface area contributed by atoms with Gasteiger partial charge in [-0.25, -0.2) is 9.37 Å². The number of amides is 1. The topological polar surface area (TPSA) is 68.0 Å². The highest BCUT2D eigenvalue weighted by molar-refractivity contribution is 9.10. The highest BCUT2D eigenvalue weighted by Crippen LogP contribution is 2.29. The van der Waals surface area contributed by atoms with Crippen molar-refractivity contribution in [2.45, 2.75) is 25.3 Å². The van der Waals surface area contributed by atoms with Crippen molar-refractivity contribution in [1.82, 2.24) is 4.98 Å². The predicted octanol–water partition coefficient (Wildman–Crippen LogP) is 3.11. The van der Waals surface area contributed by atoms with Gasteiger partial charge >= 0.3 is 0 Å². The maximum absolute atomic E-state index is 13.7. The Labute approximate surface area is 133 Å². The average Bonchev–Trinajstić information content (AvgIpc) is 2.82. The van der Waals surface area contributed by atoms with Gasteiger partial charge in [-0.3, -0.25) is 10.1 Å². The standard InChI is InChI=1S/C14H13BrFN3OS/c15-7-1-3-10(16)9(5-7)13(20)19-14-18-11-4-2-8(17)6-12(11)21-14/h1,3,5,8H,2,4,6,17H2,(H,18,19,20)/t8-/m0/s1. The number of fused-ring (bicyclic) bond motifs is 1. The molecule has 1 aromatic carbocycles. The fourth-order valence-electron chi connectivity index (χ4n) is 2.29. The first-order chi connectivity index (χ1) is 10.0. The molecule has 0 fully saturated rings. The van der Waals surface area contributed by atoms with E-state index in [4.69, 9.17) is 5.73 Å². The molecule has 0 unspecified atom stereocenters. The zero-order chi connectivity index (χ0) is 15.0. The lowest BCUT2D eigenvalue weighted by molar-refractivity contribution is 0.102. The second-order valence-electron chi connectivity index (χ2n) is 4.97. The molecule has 7 heteroatoms. The maximum Gasteiger partial charge on any atom is 0.260 e. The quantitative estimate of drug-likeness (QED) is 0.854. The number of benzene rings is 1. The molecular weight excluding hydrogens is 357 g/mol. The molecular formula is C14H13BrFN3OS. The predicted molar refractivity (Wildman–Crippen MR) is 84.2 cm³/mol. The maximum atomic E-state index is 13.7. The van der Waals surface area contributed by atoms with Gasteiger partial charge in [0.2, 0.25) is 0 Å². The van der Waals surface area contributed by atoms with E-state index in [1.807, 2.05) is 0 Å². The van der Waals surface area contributed by atoms with E-state index in [0.29, 0.717) is 9.60 Å². The van der Waals surface area contributed by atoms with Crippen molar-refractivity contribution in [3.05, 3.63) is 44.6 Å². The molecule has 0 saturated carbocycles. The van der Waals surface area contributed by atoms with Crippen molar-refractivity contribution in [2.24, 2.45) is 5.73 Å². The van der Waals surface area contributed by atoms with Crippen molar-refractivity contribution in [1.29, 1.82) is 0 Å². The molecule has 0 spiro atoms. The summed E-state index contributed by atoms with van der Waals surface area (Å²) >= 11 is 4.64. The monoisotopic (exact) mass is 369 g/mol. The molecule has 1 heterocycles. The minimum Gasteiger partial charge on any atom is -0.327 e. The van der Waals surface area contributed by atoms with Gasteiger partial charge in [0.25, 0.3) is 5.91 Å². The number of rotatable bonds is 2. The second kappa shape index (κ2) is 5.82. The number of halogens is 2. The molecule has 0 radical (unpaired) electrons. The molecule has 1 aliphatic carbocycles. The van der Waals surface area contributed by atoms with E-state index < -0.39 is 11.7 Å². The molecule has 1 atom stereocenters. The lowest BCUT2D eigenvalue weighted by Gasteiger charge is -2.15. The number of anilines is 1. The molecule has 0 aliphatic heterocycles. The summed E-state index contributed by atoms with van der Waals surface area (Å²) in [5.74, 6) is -1.05. The fraction of sp³-hybridized carbons (Fsp3) is 0.286. The van der Waals surface area contributed by atoms with Crippen molar-refractivity contribution < 1.29 is 9.18 Å². The Hall–Kier alpha value is -1.31. The summed E-state index contributed by atoms with van der Waals surface area (Å²) in [6.07, 6.45) is 2.52. The molecule has 1 amide bonds.